The number of hydrogen-bond donors (Lipinski definition) is 2. The summed E-state index contributed by atoms with van der Waals surface area (Å²) in [5.74, 6) is -1.44. The van der Waals surface area contributed by atoms with E-state index in [2.05, 4.69) is 20.9 Å². The van der Waals surface area contributed by atoms with Gasteiger partial charge in [0.2, 0.25) is 0 Å². The quantitative estimate of drug-likeness (QED) is 0.705. The second kappa shape index (κ2) is 7.40. The molecule has 142 valence electrons. The van der Waals surface area contributed by atoms with Crippen LogP contribution in [-0.2, 0) is 13.1 Å². The highest BCUT2D eigenvalue weighted by Crippen LogP contribution is 2.22. The van der Waals surface area contributed by atoms with Crippen LogP contribution in [0.2, 0.25) is 5.02 Å². The fourth-order valence-corrected chi connectivity index (χ4v) is 3.30. The first-order chi connectivity index (χ1) is 13.5. The van der Waals surface area contributed by atoms with Crippen LogP contribution >= 0.6 is 11.6 Å². The SMILES string of the molecule is O=C(NCc1ccc(F)cc1Cl)c1nnn2c1C(=O)N[C@@H](c1ccccc1)C2. The largest absolute Gasteiger partial charge is 0.346 e. The van der Waals surface area contributed by atoms with Crippen LogP contribution in [0.25, 0.3) is 0 Å². The van der Waals surface area contributed by atoms with Gasteiger partial charge in [0.1, 0.15) is 5.82 Å². The molecule has 1 aliphatic heterocycles. The van der Waals surface area contributed by atoms with Crippen molar-refractivity contribution in [1.82, 2.24) is 25.6 Å². The number of carbonyl (C=O) groups excluding carboxylic acids is 2. The maximum Gasteiger partial charge on any atom is 0.274 e. The minimum absolute atomic E-state index is 0.0674. The molecule has 3 aromatic rings. The molecule has 0 spiro atoms. The molecule has 0 bridgehead atoms. The molecule has 2 aromatic carbocycles. The van der Waals surface area contributed by atoms with E-state index in [1.807, 2.05) is 30.3 Å². The van der Waals surface area contributed by atoms with Gasteiger partial charge in [-0.3, -0.25) is 9.59 Å². The number of rotatable bonds is 4. The summed E-state index contributed by atoms with van der Waals surface area (Å²) in [6, 6.07) is 13.1. The van der Waals surface area contributed by atoms with Crippen LogP contribution in [-0.4, -0.2) is 26.8 Å². The zero-order chi connectivity index (χ0) is 19.7. The van der Waals surface area contributed by atoms with Crippen LogP contribution in [0.4, 0.5) is 4.39 Å². The highest BCUT2D eigenvalue weighted by atomic mass is 35.5. The van der Waals surface area contributed by atoms with Gasteiger partial charge in [-0.05, 0) is 23.3 Å². The third-order valence-corrected chi connectivity index (χ3v) is 4.83. The minimum Gasteiger partial charge on any atom is -0.346 e. The Morgan fingerprint density at radius 2 is 2.07 bits per heavy atom. The fourth-order valence-electron chi connectivity index (χ4n) is 3.06. The molecule has 7 nitrogen and oxygen atoms in total. The third-order valence-electron chi connectivity index (χ3n) is 4.48. The van der Waals surface area contributed by atoms with Crippen molar-refractivity contribution < 1.29 is 14.0 Å². The van der Waals surface area contributed by atoms with Crippen LogP contribution in [0.3, 0.4) is 0 Å². The molecule has 9 heteroatoms. The molecule has 1 aliphatic rings. The maximum absolute atomic E-state index is 13.1. The van der Waals surface area contributed by atoms with Gasteiger partial charge in [-0.25, -0.2) is 9.07 Å². The van der Waals surface area contributed by atoms with E-state index in [0.717, 1.165) is 5.56 Å². The molecule has 0 aliphatic carbocycles. The standard InChI is InChI=1S/C19H15ClFN5O2/c20-14-8-13(21)7-6-12(14)9-22-18(27)16-17-19(28)23-15(10-26(17)25-24-16)11-4-2-1-3-5-11/h1-8,15H,9-10H2,(H,22,27)(H,23,28)/t15-/m1/s1. The summed E-state index contributed by atoms with van der Waals surface area (Å²) in [5, 5.41) is 13.5. The minimum atomic E-state index is -0.560. The highest BCUT2D eigenvalue weighted by Gasteiger charge is 2.32. The average molecular weight is 400 g/mol. The van der Waals surface area contributed by atoms with E-state index in [9.17, 15) is 14.0 Å². The molecule has 1 atom stereocenters. The Bertz CT molecular complexity index is 1050. The van der Waals surface area contributed by atoms with Gasteiger partial charge in [0.05, 0.1) is 12.6 Å². The number of nitrogens with one attached hydrogen (secondary N) is 2. The van der Waals surface area contributed by atoms with Crippen molar-refractivity contribution in [3.8, 4) is 0 Å². The summed E-state index contributed by atoms with van der Waals surface area (Å²) < 4.78 is 14.5. The molecular weight excluding hydrogens is 385 g/mol. The number of carbonyl (C=O) groups is 2. The number of benzene rings is 2. The summed E-state index contributed by atoms with van der Waals surface area (Å²) in [6.45, 7) is 0.438. The van der Waals surface area contributed by atoms with Gasteiger partial charge in [0.15, 0.2) is 11.4 Å². The summed E-state index contributed by atoms with van der Waals surface area (Å²) in [5.41, 5.74) is 1.53. The predicted molar refractivity (Wildman–Crippen MR) is 99.3 cm³/mol. The second-order valence-corrected chi connectivity index (χ2v) is 6.73. The molecule has 0 radical (unpaired) electrons. The lowest BCUT2D eigenvalue weighted by atomic mass is 10.0. The van der Waals surface area contributed by atoms with Crippen LogP contribution < -0.4 is 10.6 Å². The summed E-state index contributed by atoms with van der Waals surface area (Å²) in [7, 11) is 0. The van der Waals surface area contributed by atoms with Crippen molar-refractivity contribution in [2.75, 3.05) is 0 Å². The van der Waals surface area contributed by atoms with Crippen LogP contribution in [0.1, 0.15) is 38.1 Å². The van der Waals surface area contributed by atoms with Gasteiger partial charge in [0, 0.05) is 11.6 Å². The van der Waals surface area contributed by atoms with Gasteiger partial charge in [0.25, 0.3) is 11.8 Å². The van der Waals surface area contributed by atoms with Crippen LogP contribution in [0, 0.1) is 5.82 Å². The Hall–Kier alpha value is -3.26. The Morgan fingerprint density at radius 3 is 2.82 bits per heavy atom. The smallest absolute Gasteiger partial charge is 0.274 e. The van der Waals surface area contributed by atoms with E-state index in [-0.39, 0.29) is 29.0 Å². The van der Waals surface area contributed by atoms with Gasteiger partial charge in [-0.15, -0.1) is 5.10 Å². The lowest BCUT2D eigenvalue weighted by Crippen LogP contribution is -2.40. The number of hydrogen-bond acceptors (Lipinski definition) is 4. The van der Waals surface area contributed by atoms with E-state index in [0.29, 0.717) is 12.1 Å². The molecule has 0 saturated heterocycles. The van der Waals surface area contributed by atoms with Crippen molar-refractivity contribution >= 4 is 23.4 Å². The van der Waals surface area contributed by atoms with Crippen molar-refractivity contribution in [1.29, 1.82) is 0 Å². The Balaban J connectivity index is 1.51. The van der Waals surface area contributed by atoms with Gasteiger partial charge in [-0.1, -0.05) is 53.2 Å². The van der Waals surface area contributed by atoms with Gasteiger partial charge < -0.3 is 10.6 Å². The zero-order valence-electron chi connectivity index (χ0n) is 14.5. The molecule has 2 amide bonds. The molecular formula is C19H15ClFN5O2. The molecule has 0 unspecified atom stereocenters. The second-order valence-electron chi connectivity index (χ2n) is 6.32. The molecule has 2 N–H and O–H groups in total. The monoisotopic (exact) mass is 399 g/mol. The first kappa shape index (κ1) is 18.1. The van der Waals surface area contributed by atoms with Crippen molar-refractivity contribution in [3.05, 3.63) is 81.9 Å². The maximum atomic E-state index is 13.1. The van der Waals surface area contributed by atoms with Crippen LogP contribution in [0.5, 0.6) is 0 Å². The Labute approximate surface area is 164 Å². The lowest BCUT2D eigenvalue weighted by molar-refractivity contribution is 0.0876. The Kier molecular flexibility index (Phi) is 4.79. The number of halogens is 2. The topological polar surface area (TPSA) is 88.9 Å². The normalized spacial score (nSPS) is 15.6. The van der Waals surface area contributed by atoms with E-state index in [1.165, 1.54) is 22.9 Å². The Morgan fingerprint density at radius 1 is 1.29 bits per heavy atom. The molecule has 2 heterocycles. The molecule has 0 saturated carbocycles. The van der Waals surface area contributed by atoms with Crippen molar-refractivity contribution in [2.24, 2.45) is 0 Å². The van der Waals surface area contributed by atoms with E-state index >= 15 is 0 Å². The summed E-state index contributed by atoms with van der Waals surface area (Å²) >= 11 is 5.96. The predicted octanol–water partition coefficient (Wildman–Crippen LogP) is 2.49. The fraction of sp³-hybridized carbons (Fsp3) is 0.158. The summed E-state index contributed by atoms with van der Waals surface area (Å²) in [4.78, 5) is 25.1. The number of amides is 2. The van der Waals surface area contributed by atoms with E-state index in [4.69, 9.17) is 11.6 Å². The number of fused-ring (bicyclic) bond motifs is 1. The van der Waals surface area contributed by atoms with Crippen LogP contribution in [0.15, 0.2) is 48.5 Å². The molecule has 0 fully saturated rings. The third kappa shape index (κ3) is 3.46. The first-order valence-electron chi connectivity index (χ1n) is 8.54. The van der Waals surface area contributed by atoms with Gasteiger partial charge >= 0.3 is 0 Å². The molecule has 1 aromatic heterocycles. The van der Waals surface area contributed by atoms with E-state index < -0.39 is 17.6 Å². The number of aromatic nitrogens is 3. The highest BCUT2D eigenvalue weighted by molar-refractivity contribution is 6.31. The first-order valence-corrected chi connectivity index (χ1v) is 8.92. The van der Waals surface area contributed by atoms with Crippen molar-refractivity contribution in [2.45, 2.75) is 19.1 Å². The molecule has 28 heavy (non-hydrogen) atoms. The average Bonchev–Trinajstić information content (AvgIpc) is 3.12. The lowest BCUT2D eigenvalue weighted by Gasteiger charge is -2.24. The van der Waals surface area contributed by atoms with E-state index in [1.54, 1.807) is 0 Å². The summed E-state index contributed by atoms with van der Waals surface area (Å²) in [6.07, 6.45) is 0. The number of nitrogens with zero attached hydrogens (tertiary/aromatic N) is 3. The van der Waals surface area contributed by atoms with Crippen molar-refractivity contribution in [3.63, 3.8) is 0 Å². The zero-order valence-corrected chi connectivity index (χ0v) is 15.3. The molecule has 4 rings (SSSR count). The van der Waals surface area contributed by atoms with Gasteiger partial charge in [-0.2, -0.15) is 0 Å².